The van der Waals surface area contributed by atoms with Crippen molar-refractivity contribution in [3.05, 3.63) is 48.5 Å². The third-order valence-corrected chi connectivity index (χ3v) is 4.75. The molecule has 2 aromatic carbocycles. The molecule has 2 aromatic rings. The summed E-state index contributed by atoms with van der Waals surface area (Å²) in [6, 6.07) is 15.8. The Balaban J connectivity index is 1.50. The van der Waals surface area contributed by atoms with E-state index in [1.807, 2.05) is 55.1 Å². The summed E-state index contributed by atoms with van der Waals surface area (Å²) in [4.78, 5) is 16.8. The van der Waals surface area contributed by atoms with Crippen LogP contribution in [0.2, 0.25) is 0 Å². The average molecular weight is 383 g/mol. The first-order valence-corrected chi connectivity index (χ1v) is 9.73. The largest absolute Gasteiger partial charge is 0.497 e. The van der Waals surface area contributed by atoms with Crippen LogP contribution in [0.3, 0.4) is 0 Å². The van der Waals surface area contributed by atoms with Gasteiger partial charge in [0, 0.05) is 31.9 Å². The number of carbonyl (C=O) groups excluding carboxylic acids is 1. The molecule has 6 heteroatoms. The van der Waals surface area contributed by atoms with Gasteiger partial charge < -0.3 is 24.6 Å². The lowest BCUT2D eigenvalue weighted by molar-refractivity contribution is -0.129. The van der Waals surface area contributed by atoms with Gasteiger partial charge >= 0.3 is 0 Å². The molecule has 1 fully saturated rings. The third-order valence-electron chi connectivity index (χ3n) is 4.75. The molecule has 0 radical (unpaired) electrons. The topological polar surface area (TPSA) is 54.0 Å². The number of rotatable bonds is 7. The Morgan fingerprint density at radius 1 is 1.04 bits per heavy atom. The maximum Gasteiger partial charge on any atom is 0.241 e. The summed E-state index contributed by atoms with van der Waals surface area (Å²) in [7, 11) is 1.67. The smallest absolute Gasteiger partial charge is 0.241 e. The monoisotopic (exact) mass is 383 g/mol. The predicted octanol–water partition coefficient (Wildman–Crippen LogP) is 3.24. The SMILES string of the molecule is COc1ccc(N2CCN(C(=O)CNc3ccccc3OC(C)C)CC2)cc1. The zero-order valence-corrected chi connectivity index (χ0v) is 16.9. The van der Waals surface area contributed by atoms with E-state index >= 15 is 0 Å². The van der Waals surface area contributed by atoms with Crippen LogP contribution in [0.4, 0.5) is 11.4 Å². The lowest BCUT2D eigenvalue weighted by Crippen LogP contribution is -2.50. The van der Waals surface area contributed by atoms with E-state index in [0.717, 1.165) is 49.1 Å². The molecule has 1 saturated heterocycles. The zero-order valence-electron chi connectivity index (χ0n) is 16.9. The molecule has 1 aliphatic heterocycles. The second-order valence-corrected chi connectivity index (χ2v) is 7.08. The minimum Gasteiger partial charge on any atom is -0.497 e. The van der Waals surface area contributed by atoms with Gasteiger partial charge in [0.05, 0.1) is 25.4 Å². The molecule has 1 aliphatic rings. The number of carbonyl (C=O) groups is 1. The van der Waals surface area contributed by atoms with Crippen LogP contribution in [0, 0.1) is 0 Å². The molecule has 0 spiro atoms. The maximum absolute atomic E-state index is 12.6. The summed E-state index contributed by atoms with van der Waals surface area (Å²) in [5.41, 5.74) is 2.01. The summed E-state index contributed by atoms with van der Waals surface area (Å²) in [5.74, 6) is 1.73. The molecule has 3 rings (SSSR count). The van der Waals surface area contributed by atoms with Gasteiger partial charge in [-0.3, -0.25) is 4.79 Å². The van der Waals surface area contributed by atoms with Crippen molar-refractivity contribution in [3.63, 3.8) is 0 Å². The van der Waals surface area contributed by atoms with Gasteiger partial charge in [0.15, 0.2) is 0 Å². The Hall–Kier alpha value is -2.89. The second-order valence-electron chi connectivity index (χ2n) is 7.08. The number of hydrogen-bond donors (Lipinski definition) is 1. The molecule has 1 heterocycles. The number of nitrogens with zero attached hydrogens (tertiary/aromatic N) is 2. The lowest BCUT2D eigenvalue weighted by atomic mass is 10.2. The van der Waals surface area contributed by atoms with Gasteiger partial charge in [-0.25, -0.2) is 0 Å². The van der Waals surface area contributed by atoms with Gasteiger partial charge in [-0.2, -0.15) is 0 Å². The van der Waals surface area contributed by atoms with Crippen LogP contribution in [0.15, 0.2) is 48.5 Å². The minimum atomic E-state index is 0.0877. The van der Waals surface area contributed by atoms with E-state index in [4.69, 9.17) is 9.47 Å². The Bertz CT molecular complexity index is 769. The van der Waals surface area contributed by atoms with E-state index in [-0.39, 0.29) is 18.6 Å². The van der Waals surface area contributed by atoms with Crippen molar-refractivity contribution in [1.82, 2.24) is 4.90 Å². The summed E-state index contributed by atoms with van der Waals surface area (Å²) in [6.45, 7) is 7.33. The van der Waals surface area contributed by atoms with Crippen LogP contribution in [-0.4, -0.2) is 56.7 Å². The molecule has 0 aromatic heterocycles. The van der Waals surface area contributed by atoms with Gasteiger partial charge in [0.2, 0.25) is 5.91 Å². The summed E-state index contributed by atoms with van der Waals surface area (Å²) >= 11 is 0. The van der Waals surface area contributed by atoms with Gasteiger partial charge in [0.1, 0.15) is 11.5 Å². The van der Waals surface area contributed by atoms with Crippen LogP contribution in [0.1, 0.15) is 13.8 Å². The predicted molar refractivity (Wildman–Crippen MR) is 112 cm³/mol. The Morgan fingerprint density at radius 3 is 2.36 bits per heavy atom. The van der Waals surface area contributed by atoms with Crippen LogP contribution < -0.4 is 19.7 Å². The second kappa shape index (κ2) is 9.35. The molecule has 6 nitrogen and oxygen atoms in total. The maximum atomic E-state index is 12.6. The molecule has 1 N–H and O–H groups in total. The van der Waals surface area contributed by atoms with Crippen molar-refractivity contribution in [2.24, 2.45) is 0 Å². The number of benzene rings is 2. The molecule has 28 heavy (non-hydrogen) atoms. The van der Waals surface area contributed by atoms with Crippen molar-refractivity contribution >= 4 is 17.3 Å². The van der Waals surface area contributed by atoms with E-state index < -0.39 is 0 Å². The van der Waals surface area contributed by atoms with Crippen molar-refractivity contribution < 1.29 is 14.3 Å². The summed E-state index contributed by atoms with van der Waals surface area (Å²) in [5, 5.41) is 3.23. The highest BCUT2D eigenvalue weighted by Gasteiger charge is 2.21. The number of amides is 1. The van der Waals surface area contributed by atoms with Crippen LogP contribution in [-0.2, 0) is 4.79 Å². The number of anilines is 2. The normalized spacial score (nSPS) is 14.1. The van der Waals surface area contributed by atoms with Crippen molar-refractivity contribution in [2.45, 2.75) is 20.0 Å². The van der Waals surface area contributed by atoms with Crippen LogP contribution >= 0.6 is 0 Å². The third kappa shape index (κ3) is 5.09. The van der Waals surface area contributed by atoms with Gasteiger partial charge in [0.25, 0.3) is 0 Å². The number of piperazine rings is 1. The standard InChI is InChI=1S/C22H29N3O3/c1-17(2)28-21-7-5-4-6-20(21)23-16-22(26)25-14-12-24(13-15-25)18-8-10-19(27-3)11-9-18/h4-11,17,23H,12-16H2,1-3H3. The Labute approximate surface area is 167 Å². The van der Waals surface area contributed by atoms with E-state index in [0.29, 0.717) is 0 Å². The molecule has 0 bridgehead atoms. The van der Waals surface area contributed by atoms with Crippen molar-refractivity contribution in [2.75, 3.05) is 50.1 Å². The molecule has 1 amide bonds. The fourth-order valence-electron chi connectivity index (χ4n) is 3.26. The highest BCUT2D eigenvalue weighted by molar-refractivity contribution is 5.81. The fourth-order valence-corrected chi connectivity index (χ4v) is 3.26. The van der Waals surface area contributed by atoms with Gasteiger partial charge in [-0.1, -0.05) is 12.1 Å². The number of ether oxygens (including phenoxy) is 2. The number of hydrogen-bond acceptors (Lipinski definition) is 5. The first-order chi connectivity index (χ1) is 13.6. The van der Waals surface area contributed by atoms with Gasteiger partial charge in [-0.15, -0.1) is 0 Å². The number of para-hydroxylation sites is 2. The van der Waals surface area contributed by atoms with E-state index in [2.05, 4.69) is 22.3 Å². The van der Waals surface area contributed by atoms with Crippen molar-refractivity contribution in [3.8, 4) is 11.5 Å². The highest BCUT2D eigenvalue weighted by atomic mass is 16.5. The number of methoxy groups -OCH3 is 1. The Kier molecular flexibility index (Phi) is 6.63. The first kappa shape index (κ1) is 19.9. The number of nitrogens with one attached hydrogen (secondary N) is 1. The van der Waals surface area contributed by atoms with E-state index in [9.17, 15) is 4.79 Å². The molecule has 0 saturated carbocycles. The first-order valence-electron chi connectivity index (χ1n) is 9.73. The minimum absolute atomic E-state index is 0.0877. The molecule has 0 atom stereocenters. The molecular formula is C22H29N3O3. The van der Waals surface area contributed by atoms with Crippen LogP contribution in [0.25, 0.3) is 0 Å². The lowest BCUT2D eigenvalue weighted by Gasteiger charge is -2.36. The molecular weight excluding hydrogens is 354 g/mol. The van der Waals surface area contributed by atoms with Crippen LogP contribution in [0.5, 0.6) is 11.5 Å². The summed E-state index contributed by atoms with van der Waals surface area (Å²) < 4.78 is 11.0. The average Bonchev–Trinajstić information content (AvgIpc) is 2.73. The zero-order chi connectivity index (χ0) is 19.9. The molecule has 150 valence electrons. The molecule has 0 aliphatic carbocycles. The van der Waals surface area contributed by atoms with Gasteiger partial charge in [-0.05, 0) is 50.2 Å². The van der Waals surface area contributed by atoms with E-state index in [1.54, 1.807) is 7.11 Å². The Morgan fingerprint density at radius 2 is 1.71 bits per heavy atom. The molecule has 0 unspecified atom stereocenters. The fraction of sp³-hybridized carbons (Fsp3) is 0.409. The highest BCUT2D eigenvalue weighted by Crippen LogP contribution is 2.25. The quantitative estimate of drug-likeness (QED) is 0.795. The van der Waals surface area contributed by atoms with Crippen molar-refractivity contribution in [1.29, 1.82) is 0 Å². The van der Waals surface area contributed by atoms with E-state index in [1.165, 1.54) is 0 Å². The summed E-state index contributed by atoms with van der Waals surface area (Å²) in [6.07, 6.45) is 0.0877.